The Labute approximate surface area is 297 Å². The fourth-order valence-electron chi connectivity index (χ4n) is 5.74. The Morgan fingerprint density at radius 2 is 0.979 bits per heavy atom. The Hall–Kier alpha value is -1.38. The van der Waals surface area contributed by atoms with Gasteiger partial charge in [0.2, 0.25) is 0 Å². The summed E-state index contributed by atoms with van der Waals surface area (Å²) in [6.07, 6.45) is 24.3. The molecule has 0 fully saturated rings. The average Bonchev–Trinajstić information content (AvgIpc) is 3.09. The van der Waals surface area contributed by atoms with Gasteiger partial charge >= 0.3 is 12.1 Å². The lowest BCUT2D eigenvalue weighted by molar-refractivity contribution is -0.160. The Balaban J connectivity index is 4.73. The summed E-state index contributed by atoms with van der Waals surface area (Å²) in [4.78, 5) is 27.4. The lowest BCUT2D eigenvalue weighted by atomic mass is 10.0. The molecule has 1 unspecified atom stereocenters. The smallest absolute Gasteiger partial charge is 0.465 e. The zero-order chi connectivity index (χ0) is 35.3. The van der Waals surface area contributed by atoms with Crippen LogP contribution in [-0.4, -0.2) is 76.0 Å². The van der Waals surface area contributed by atoms with Gasteiger partial charge in [-0.05, 0) is 38.8 Å². The van der Waals surface area contributed by atoms with E-state index < -0.39 is 6.16 Å². The molecule has 0 aliphatic heterocycles. The molecule has 1 atom stereocenters. The predicted octanol–water partition coefficient (Wildman–Crippen LogP) is 11.0. The van der Waals surface area contributed by atoms with Crippen molar-refractivity contribution in [3.05, 3.63) is 0 Å². The summed E-state index contributed by atoms with van der Waals surface area (Å²) in [6.45, 7) is 15.9. The van der Waals surface area contributed by atoms with Crippen molar-refractivity contribution < 1.29 is 33.3 Å². The van der Waals surface area contributed by atoms with Gasteiger partial charge in [-0.2, -0.15) is 0 Å². The lowest BCUT2D eigenvalue weighted by Crippen LogP contribution is -2.26. The van der Waals surface area contributed by atoms with Crippen LogP contribution in [0.5, 0.6) is 0 Å². The van der Waals surface area contributed by atoms with E-state index in [-0.39, 0.29) is 37.8 Å². The predicted molar refractivity (Wildman–Crippen MR) is 198 cm³/mol. The molecule has 0 saturated carbocycles. The molecule has 0 rings (SSSR count). The minimum absolute atomic E-state index is 0.0451. The van der Waals surface area contributed by atoms with E-state index in [1.807, 2.05) is 0 Å². The molecule has 0 heterocycles. The van der Waals surface area contributed by atoms with Gasteiger partial charge in [0.25, 0.3) is 0 Å². The highest BCUT2D eigenvalue weighted by atomic mass is 16.7. The number of hydrogen-bond acceptors (Lipinski definition) is 8. The third-order valence-corrected chi connectivity index (χ3v) is 9.05. The van der Waals surface area contributed by atoms with E-state index in [1.54, 1.807) is 0 Å². The second-order valence-corrected chi connectivity index (χ2v) is 13.5. The summed E-state index contributed by atoms with van der Waals surface area (Å²) >= 11 is 0. The van der Waals surface area contributed by atoms with E-state index in [4.69, 9.17) is 23.7 Å². The van der Waals surface area contributed by atoms with E-state index in [9.17, 15) is 9.59 Å². The highest BCUT2D eigenvalue weighted by Crippen LogP contribution is 2.16. The van der Waals surface area contributed by atoms with Crippen LogP contribution in [0.4, 0.5) is 4.79 Å². The van der Waals surface area contributed by atoms with Gasteiger partial charge in [0, 0.05) is 32.1 Å². The number of hydrogen-bond donors (Lipinski definition) is 0. The van der Waals surface area contributed by atoms with E-state index in [2.05, 4.69) is 39.5 Å². The number of esters is 1. The Morgan fingerprint density at radius 1 is 0.500 bits per heavy atom. The molecule has 0 aromatic rings. The molecule has 0 radical (unpaired) electrons. The van der Waals surface area contributed by atoms with Gasteiger partial charge in [0.15, 0.2) is 6.29 Å². The standard InChI is InChI=1S/C40H79NO7/c1-6-11-14-17-18-19-20-21-24-28-37(36-48-40(43)46-34-27-31-41(9-4)10-5)35-47-38(42)29-30-39(44-32-25-22-15-12-7-2)45-33-26-23-16-13-8-3/h37,39H,6-36H2,1-5H3. The van der Waals surface area contributed by atoms with E-state index in [1.165, 1.54) is 83.5 Å². The van der Waals surface area contributed by atoms with Crippen LogP contribution in [0.15, 0.2) is 0 Å². The normalized spacial score (nSPS) is 12.1. The van der Waals surface area contributed by atoms with E-state index in [0.717, 1.165) is 71.0 Å². The topological polar surface area (TPSA) is 83.5 Å². The molecule has 48 heavy (non-hydrogen) atoms. The van der Waals surface area contributed by atoms with Crippen molar-refractivity contribution in [2.24, 2.45) is 5.92 Å². The first-order valence-electron chi connectivity index (χ1n) is 20.4. The number of carbonyl (C=O) groups excluding carboxylic acids is 2. The molecule has 286 valence electrons. The van der Waals surface area contributed by atoms with Crippen molar-refractivity contribution in [2.75, 3.05) is 52.7 Å². The summed E-state index contributed by atoms with van der Waals surface area (Å²) in [6, 6.07) is 0. The molecule has 8 heteroatoms. The fraction of sp³-hybridized carbons (Fsp3) is 0.950. The highest BCUT2D eigenvalue weighted by Gasteiger charge is 2.18. The zero-order valence-electron chi connectivity index (χ0n) is 32.4. The second kappa shape index (κ2) is 36.9. The maximum atomic E-state index is 12.8. The number of rotatable bonds is 37. The molecule has 0 saturated heterocycles. The average molecular weight is 686 g/mol. The first kappa shape index (κ1) is 46.6. The first-order chi connectivity index (χ1) is 23.5. The number of carbonyl (C=O) groups is 2. The van der Waals surface area contributed by atoms with E-state index >= 15 is 0 Å². The van der Waals surface area contributed by atoms with E-state index in [0.29, 0.717) is 26.2 Å². The maximum absolute atomic E-state index is 12.8. The summed E-state index contributed by atoms with van der Waals surface area (Å²) in [5.74, 6) is -0.301. The third kappa shape index (κ3) is 31.9. The molecule has 0 amide bonds. The van der Waals surface area contributed by atoms with Gasteiger partial charge in [-0.25, -0.2) is 4.79 Å². The summed E-state index contributed by atoms with van der Waals surface area (Å²) in [5, 5.41) is 0. The molecule has 0 aromatic carbocycles. The van der Waals surface area contributed by atoms with Gasteiger partial charge in [-0.1, -0.05) is 144 Å². The lowest BCUT2D eigenvalue weighted by Gasteiger charge is -2.20. The van der Waals surface area contributed by atoms with Crippen molar-refractivity contribution in [3.8, 4) is 0 Å². The molecule has 0 aliphatic rings. The largest absolute Gasteiger partial charge is 0.508 e. The van der Waals surface area contributed by atoms with Crippen molar-refractivity contribution in [1.82, 2.24) is 4.90 Å². The van der Waals surface area contributed by atoms with Crippen LogP contribution in [0.2, 0.25) is 0 Å². The van der Waals surface area contributed by atoms with Crippen LogP contribution in [0, 0.1) is 5.92 Å². The molecular weight excluding hydrogens is 606 g/mol. The molecule has 0 aliphatic carbocycles. The van der Waals surface area contributed by atoms with Crippen LogP contribution >= 0.6 is 0 Å². The van der Waals surface area contributed by atoms with Crippen LogP contribution in [0.25, 0.3) is 0 Å². The van der Waals surface area contributed by atoms with Crippen molar-refractivity contribution >= 4 is 12.1 Å². The Morgan fingerprint density at radius 3 is 1.50 bits per heavy atom. The van der Waals surface area contributed by atoms with Crippen LogP contribution < -0.4 is 0 Å². The van der Waals surface area contributed by atoms with Crippen molar-refractivity contribution in [3.63, 3.8) is 0 Å². The number of ether oxygens (including phenoxy) is 5. The third-order valence-electron chi connectivity index (χ3n) is 9.05. The second-order valence-electron chi connectivity index (χ2n) is 13.5. The number of unbranched alkanes of at least 4 members (excludes halogenated alkanes) is 16. The summed E-state index contributed by atoms with van der Waals surface area (Å²) in [5.41, 5.74) is 0. The number of nitrogens with zero attached hydrogens (tertiary/aromatic N) is 1. The van der Waals surface area contributed by atoms with Crippen LogP contribution in [0.3, 0.4) is 0 Å². The van der Waals surface area contributed by atoms with Gasteiger partial charge in [0.05, 0.1) is 19.6 Å². The van der Waals surface area contributed by atoms with Gasteiger partial charge in [-0.3, -0.25) is 4.79 Å². The Bertz CT molecular complexity index is 672. The van der Waals surface area contributed by atoms with Gasteiger partial charge in [0.1, 0.15) is 6.61 Å². The molecule has 0 aromatic heterocycles. The Kier molecular flexibility index (Phi) is 35.8. The zero-order valence-corrected chi connectivity index (χ0v) is 32.4. The molecule has 0 bridgehead atoms. The first-order valence-corrected chi connectivity index (χ1v) is 20.4. The molecule has 8 nitrogen and oxygen atoms in total. The maximum Gasteiger partial charge on any atom is 0.508 e. The minimum Gasteiger partial charge on any atom is -0.465 e. The van der Waals surface area contributed by atoms with Crippen LogP contribution in [-0.2, 0) is 28.5 Å². The minimum atomic E-state index is -0.639. The van der Waals surface area contributed by atoms with Crippen molar-refractivity contribution in [2.45, 2.75) is 189 Å². The summed E-state index contributed by atoms with van der Waals surface area (Å²) < 4.78 is 28.6. The fourth-order valence-corrected chi connectivity index (χ4v) is 5.74. The highest BCUT2D eigenvalue weighted by molar-refractivity contribution is 5.69. The van der Waals surface area contributed by atoms with Crippen molar-refractivity contribution in [1.29, 1.82) is 0 Å². The molecular formula is C40H79NO7. The molecule has 0 spiro atoms. The molecule has 0 N–H and O–H groups in total. The SMILES string of the molecule is CCCCCCCCCCCC(COC(=O)CCC(OCCCCCCC)OCCCCCCC)COC(=O)OCCCN(CC)CC. The van der Waals surface area contributed by atoms with Gasteiger partial charge < -0.3 is 28.6 Å². The van der Waals surface area contributed by atoms with Gasteiger partial charge in [-0.15, -0.1) is 0 Å². The quantitative estimate of drug-likeness (QED) is 0.0363. The monoisotopic (exact) mass is 686 g/mol. The summed E-state index contributed by atoms with van der Waals surface area (Å²) in [7, 11) is 0. The van der Waals surface area contributed by atoms with Crippen LogP contribution in [0.1, 0.15) is 182 Å².